The number of nitrogens with zero attached hydrogens (tertiary/aromatic N) is 2. The number of amides is 2. The maximum Gasteiger partial charge on any atom is 0.245 e. The Morgan fingerprint density at radius 2 is 1.90 bits per heavy atom. The van der Waals surface area contributed by atoms with E-state index in [0.717, 1.165) is 82.4 Å². The molecule has 2 amide bonds. The van der Waals surface area contributed by atoms with Gasteiger partial charge in [-0.15, -0.1) is 0 Å². The molecule has 0 radical (unpaired) electrons. The molecule has 1 aromatic rings. The van der Waals surface area contributed by atoms with Crippen molar-refractivity contribution in [2.75, 3.05) is 19.6 Å². The summed E-state index contributed by atoms with van der Waals surface area (Å²) in [5, 5.41) is 0.913. The van der Waals surface area contributed by atoms with Crippen LogP contribution in [0.2, 0.25) is 5.02 Å². The maximum atomic E-state index is 12.8. The van der Waals surface area contributed by atoms with Gasteiger partial charge in [0.15, 0.2) is 0 Å². The van der Waals surface area contributed by atoms with E-state index >= 15 is 0 Å². The molecule has 0 bridgehead atoms. The van der Waals surface area contributed by atoms with Gasteiger partial charge < -0.3 is 9.80 Å². The first-order chi connectivity index (χ1) is 14.0. The lowest BCUT2D eigenvalue weighted by Gasteiger charge is -2.28. The lowest BCUT2D eigenvalue weighted by molar-refractivity contribution is -0.143. The minimum atomic E-state index is -0.202. The zero-order valence-corrected chi connectivity index (χ0v) is 18.3. The third-order valence-corrected chi connectivity index (χ3v) is 7.36. The van der Waals surface area contributed by atoms with Gasteiger partial charge in [-0.05, 0) is 93.4 Å². The number of aryl methyl sites for hydroxylation is 1. The summed E-state index contributed by atoms with van der Waals surface area (Å²) in [6.07, 6.45) is 9.83. The summed E-state index contributed by atoms with van der Waals surface area (Å²) in [4.78, 5) is 29.5. The Balaban J connectivity index is 1.27. The van der Waals surface area contributed by atoms with Crippen molar-refractivity contribution >= 4 is 23.4 Å². The number of carbonyl (C=O) groups excluding carboxylic acids is 2. The monoisotopic (exact) mass is 416 g/mol. The SMILES string of the molecule is Cc1cc(Cl)c2c(c1)CC(CCCC(=O)N1CCC[C@@H]1C(=O)N1CCCC1)CC2. The van der Waals surface area contributed by atoms with E-state index in [1.54, 1.807) is 0 Å². The molecule has 3 aliphatic rings. The van der Waals surface area contributed by atoms with Crippen molar-refractivity contribution in [3.63, 3.8) is 0 Å². The van der Waals surface area contributed by atoms with E-state index in [1.165, 1.54) is 16.7 Å². The van der Waals surface area contributed by atoms with Gasteiger partial charge in [0.1, 0.15) is 6.04 Å². The van der Waals surface area contributed by atoms with Crippen LogP contribution in [0.15, 0.2) is 12.1 Å². The minimum absolute atomic E-state index is 0.176. The summed E-state index contributed by atoms with van der Waals surface area (Å²) >= 11 is 6.42. The molecule has 2 aliphatic heterocycles. The second-order valence-electron chi connectivity index (χ2n) is 9.16. The first kappa shape index (κ1) is 20.7. The number of hydrogen-bond acceptors (Lipinski definition) is 2. The molecular formula is C24H33ClN2O2. The number of fused-ring (bicyclic) bond motifs is 1. The fraction of sp³-hybridized carbons (Fsp3) is 0.667. The smallest absolute Gasteiger partial charge is 0.245 e. The molecule has 158 valence electrons. The van der Waals surface area contributed by atoms with Crippen molar-refractivity contribution in [2.45, 2.75) is 77.2 Å². The molecule has 2 heterocycles. The lowest BCUT2D eigenvalue weighted by atomic mass is 9.81. The van der Waals surface area contributed by atoms with Crippen molar-refractivity contribution in [1.29, 1.82) is 0 Å². The second kappa shape index (κ2) is 9.07. The Kier molecular flexibility index (Phi) is 6.48. The fourth-order valence-electron chi connectivity index (χ4n) is 5.47. The molecule has 0 saturated carbocycles. The lowest BCUT2D eigenvalue weighted by Crippen LogP contribution is -2.46. The van der Waals surface area contributed by atoms with Gasteiger partial charge in [-0.25, -0.2) is 0 Å². The van der Waals surface area contributed by atoms with Crippen LogP contribution >= 0.6 is 11.6 Å². The third-order valence-electron chi connectivity index (χ3n) is 7.02. The number of carbonyl (C=O) groups is 2. The van der Waals surface area contributed by atoms with Crippen LogP contribution < -0.4 is 0 Å². The van der Waals surface area contributed by atoms with Crippen LogP contribution in [0, 0.1) is 12.8 Å². The minimum Gasteiger partial charge on any atom is -0.341 e. The topological polar surface area (TPSA) is 40.6 Å². The van der Waals surface area contributed by atoms with Crippen molar-refractivity contribution in [3.05, 3.63) is 33.8 Å². The molecule has 1 aliphatic carbocycles. The molecule has 0 spiro atoms. The molecule has 4 nitrogen and oxygen atoms in total. The molecule has 2 fully saturated rings. The standard InChI is InChI=1S/C24H33ClN2O2/c1-17-14-19-16-18(9-10-20(19)21(25)15-17)6-4-8-23(28)27-13-5-7-22(27)24(29)26-11-2-3-12-26/h14-15,18,22H,2-13,16H2,1H3/t18?,22-/m1/s1. The quantitative estimate of drug-likeness (QED) is 0.707. The first-order valence-electron chi connectivity index (χ1n) is 11.4. The first-order valence-corrected chi connectivity index (χ1v) is 11.8. The highest BCUT2D eigenvalue weighted by Gasteiger charge is 2.36. The van der Waals surface area contributed by atoms with Gasteiger partial charge in [0.05, 0.1) is 0 Å². The van der Waals surface area contributed by atoms with Crippen molar-refractivity contribution in [3.8, 4) is 0 Å². The molecule has 1 unspecified atom stereocenters. The molecule has 0 aromatic heterocycles. The van der Waals surface area contributed by atoms with Gasteiger partial charge in [0.2, 0.25) is 11.8 Å². The van der Waals surface area contributed by atoms with E-state index in [2.05, 4.69) is 19.1 Å². The fourth-order valence-corrected chi connectivity index (χ4v) is 5.86. The van der Waals surface area contributed by atoms with Gasteiger partial charge in [-0.1, -0.05) is 17.7 Å². The zero-order valence-electron chi connectivity index (χ0n) is 17.6. The Morgan fingerprint density at radius 3 is 2.69 bits per heavy atom. The molecule has 5 heteroatoms. The predicted octanol–water partition coefficient (Wildman–Crippen LogP) is 4.54. The molecule has 2 saturated heterocycles. The highest BCUT2D eigenvalue weighted by Crippen LogP contribution is 2.34. The Hall–Kier alpha value is -1.55. The Labute approximate surface area is 179 Å². The second-order valence-corrected chi connectivity index (χ2v) is 9.57. The molecule has 4 rings (SSSR count). The van der Waals surface area contributed by atoms with Crippen LogP contribution in [-0.4, -0.2) is 47.3 Å². The van der Waals surface area contributed by atoms with Crippen LogP contribution in [-0.2, 0) is 22.4 Å². The van der Waals surface area contributed by atoms with E-state index in [-0.39, 0.29) is 17.9 Å². The normalized spacial score (nSPS) is 24.1. The van der Waals surface area contributed by atoms with Gasteiger partial charge in [0, 0.05) is 31.1 Å². The van der Waals surface area contributed by atoms with E-state index in [0.29, 0.717) is 12.3 Å². The predicted molar refractivity (Wildman–Crippen MR) is 116 cm³/mol. The molecular weight excluding hydrogens is 384 g/mol. The summed E-state index contributed by atoms with van der Waals surface area (Å²) in [5.41, 5.74) is 3.95. The largest absolute Gasteiger partial charge is 0.341 e. The number of likely N-dealkylation sites (tertiary alicyclic amines) is 2. The van der Waals surface area contributed by atoms with Gasteiger partial charge in [-0.2, -0.15) is 0 Å². The van der Waals surface area contributed by atoms with Crippen LogP contribution in [0.1, 0.15) is 68.1 Å². The van der Waals surface area contributed by atoms with Crippen molar-refractivity contribution < 1.29 is 9.59 Å². The Morgan fingerprint density at radius 1 is 1.10 bits per heavy atom. The molecule has 1 aromatic carbocycles. The van der Waals surface area contributed by atoms with Gasteiger partial charge in [0.25, 0.3) is 0 Å². The average molecular weight is 417 g/mol. The van der Waals surface area contributed by atoms with E-state index in [1.807, 2.05) is 9.80 Å². The van der Waals surface area contributed by atoms with Crippen molar-refractivity contribution in [2.24, 2.45) is 5.92 Å². The summed E-state index contributed by atoms with van der Waals surface area (Å²) in [7, 11) is 0. The van der Waals surface area contributed by atoms with Crippen molar-refractivity contribution in [1.82, 2.24) is 9.80 Å². The van der Waals surface area contributed by atoms with Crippen LogP contribution in [0.25, 0.3) is 0 Å². The van der Waals surface area contributed by atoms with Gasteiger partial charge >= 0.3 is 0 Å². The van der Waals surface area contributed by atoms with Crippen LogP contribution in [0.3, 0.4) is 0 Å². The van der Waals surface area contributed by atoms with E-state index in [4.69, 9.17) is 11.6 Å². The Bertz CT molecular complexity index is 772. The van der Waals surface area contributed by atoms with E-state index < -0.39 is 0 Å². The third kappa shape index (κ3) is 4.63. The maximum absolute atomic E-state index is 12.8. The number of hydrogen-bond donors (Lipinski definition) is 0. The highest BCUT2D eigenvalue weighted by atomic mass is 35.5. The molecule has 2 atom stereocenters. The molecule has 0 N–H and O–H groups in total. The summed E-state index contributed by atoms with van der Waals surface area (Å²) in [6, 6.07) is 4.14. The number of halogens is 1. The number of rotatable bonds is 5. The van der Waals surface area contributed by atoms with Crippen LogP contribution in [0.4, 0.5) is 0 Å². The zero-order chi connectivity index (χ0) is 20.4. The van der Waals surface area contributed by atoms with Gasteiger partial charge in [-0.3, -0.25) is 9.59 Å². The highest BCUT2D eigenvalue weighted by molar-refractivity contribution is 6.31. The molecule has 29 heavy (non-hydrogen) atoms. The number of benzene rings is 1. The van der Waals surface area contributed by atoms with Crippen LogP contribution in [0.5, 0.6) is 0 Å². The van der Waals surface area contributed by atoms with E-state index in [9.17, 15) is 9.59 Å². The summed E-state index contributed by atoms with van der Waals surface area (Å²) in [5.74, 6) is 0.994. The average Bonchev–Trinajstić information content (AvgIpc) is 3.39. The summed E-state index contributed by atoms with van der Waals surface area (Å²) in [6.45, 7) is 4.58. The summed E-state index contributed by atoms with van der Waals surface area (Å²) < 4.78 is 0.